The summed E-state index contributed by atoms with van der Waals surface area (Å²) >= 11 is 5.83. The van der Waals surface area contributed by atoms with Crippen molar-refractivity contribution in [3.8, 4) is 5.75 Å². The predicted molar refractivity (Wildman–Crippen MR) is 75.3 cm³/mol. The number of carbonyl (C=O) groups is 1. The highest BCUT2D eigenvalue weighted by molar-refractivity contribution is 6.30. The first-order valence-corrected chi connectivity index (χ1v) is 6.43. The molecule has 2 aromatic carbocycles. The van der Waals surface area contributed by atoms with Crippen LogP contribution in [0.25, 0.3) is 0 Å². The van der Waals surface area contributed by atoms with Gasteiger partial charge in [-0.05, 0) is 36.4 Å². The molecule has 0 aliphatic carbocycles. The Hall–Kier alpha value is -2.00. The first-order valence-electron chi connectivity index (χ1n) is 6.05. The van der Waals surface area contributed by atoms with Crippen LogP contribution in [-0.4, -0.2) is 18.9 Å². The normalized spacial score (nSPS) is 13.1. The van der Waals surface area contributed by atoms with Crippen molar-refractivity contribution >= 4 is 23.1 Å². The number of nitrogens with one attached hydrogen (secondary N) is 1. The lowest BCUT2D eigenvalue weighted by Gasteiger charge is -2.21. The summed E-state index contributed by atoms with van der Waals surface area (Å²) in [6, 6.07) is 12.4. The molecule has 3 nitrogen and oxygen atoms in total. The van der Waals surface area contributed by atoms with Crippen LogP contribution < -0.4 is 10.1 Å². The number of ketones is 1. The first kappa shape index (κ1) is 12.1. The van der Waals surface area contributed by atoms with Crippen molar-refractivity contribution in [2.24, 2.45) is 0 Å². The average molecular weight is 274 g/mol. The summed E-state index contributed by atoms with van der Waals surface area (Å²) < 4.78 is 5.61. The lowest BCUT2D eigenvalue weighted by Crippen LogP contribution is -2.20. The number of fused-ring (bicyclic) bond motifs is 1. The second-order valence-electron chi connectivity index (χ2n) is 4.29. The van der Waals surface area contributed by atoms with Crippen LogP contribution in [0.15, 0.2) is 42.5 Å². The minimum atomic E-state index is -0.0581. The van der Waals surface area contributed by atoms with Crippen LogP contribution in [0.5, 0.6) is 5.75 Å². The van der Waals surface area contributed by atoms with Gasteiger partial charge in [0.1, 0.15) is 6.61 Å². The first-order chi connectivity index (χ1) is 9.25. The second kappa shape index (κ2) is 4.94. The molecule has 0 radical (unpaired) electrons. The quantitative estimate of drug-likeness (QED) is 0.853. The minimum absolute atomic E-state index is 0.0581. The van der Waals surface area contributed by atoms with Gasteiger partial charge >= 0.3 is 0 Å². The Morgan fingerprint density at radius 2 is 1.95 bits per heavy atom. The van der Waals surface area contributed by atoms with E-state index in [1.807, 2.05) is 12.1 Å². The van der Waals surface area contributed by atoms with Crippen LogP contribution in [0.4, 0.5) is 5.69 Å². The highest BCUT2D eigenvalue weighted by Gasteiger charge is 2.19. The van der Waals surface area contributed by atoms with Crippen molar-refractivity contribution < 1.29 is 9.53 Å². The van der Waals surface area contributed by atoms with E-state index in [2.05, 4.69) is 5.32 Å². The van der Waals surface area contributed by atoms with Crippen LogP contribution in [0.2, 0.25) is 5.02 Å². The molecule has 96 valence electrons. The Bertz CT molecular complexity index is 623. The van der Waals surface area contributed by atoms with Gasteiger partial charge in [0.2, 0.25) is 0 Å². The number of anilines is 1. The Morgan fingerprint density at radius 1 is 1.16 bits per heavy atom. The van der Waals surface area contributed by atoms with Crippen molar-refractivity contribution in [1.82, 2.24) is 0 Å². The molecular formula is C15H12ClNO2. The van der Waals surface area contributed by atoms with Crippen molar-refractivity contribution in [3.05, 3.63) is 58.6 Å². The third kappa shape index (κ3) is 2.29. The van der Waals surface area contributed by atoms with Crippen molar-refractivity contribution in [3.63, 3.8) is 0 Å². The Labute approximate surface area is 116 Å². The molecule has 0 aromatic heterocycles. The molecule has 0 saturated heterocycles. The van der Waals surface area contributed by atoms with Gasteiger partial charge in [-0.25, -0.2) is 0 Å². The van der Waals surface area contributed by atoms with E-state index >= 15 is 0 Å². The number of benzene rings is 2. The maximum atomic E-state index is 12.5. The number of hydrogen-bond acceptors (Lipinski definition) is 3. The standard InChI is InChI=1S/C15H12ClNO2/c16-11-6-4-10(5-7-11)14(18)12-2-1-3-13-15(12)19-9-8-17-13/h1-7,17H,8-9H2. The van der Waals surface area contributed by atoms with Crippen molar-refractivity contribution in [2.75, 3.05) is 18.5 Å². The van der Waals surface area contributed by atoms with Gasteiger partial charge in [0, 0.05) is 17.1 Å². The highest BCUT2D eigenvalue weighted by Crippen LogP contribution is 2.32. The van der Waals surface area contributed by atoms with Crippen molar-refractivity contribution in [1.29, 1.82) is 0 Å². The molecule has 2 aromatic rings. The van der Waals surface area contributed by atoms with Gasteiger partial charge in [-0.15, -0.1) is 0 Å². The largest absolute Gasteiger partial charge is 0.489 e. The summed E-state index contributed by atoms with van der Waals surface area (Å²) in [7, 11) is 0. The van der Waals surface area contributed by atoms with Crippen LogP contribution in [0, 0.1) is 0 Å². The molecule has 1 aliphatic rings. The van der Waals surface area contributed by atoms with Gasteiger partial charge in [-0.1, -0.05) is 17.7 Å². The molecule has 0 unspecified atom stereocenters. The zero-order valence-corrected chi connectivity index (χ0v) is 10.9. The lowest BCUT2D eigenvalue weighted by molar-refractivity contribution is 0.103. The number of rotatable bonds is 2. The van der Waals surface area contributed by atoms with Gasteiger partial charge in [0.05, 0.1) is 11.3 Å². The predicted octanol–water partition coefficient (Wildman–Crippen LogP) is 3.38. The molecule has 0 bridgehead atoms. The molecule has 0 amide bonds. The van der Waals surface area contributed by atoms with Gasteiger partial charge in [-0.2, -0.15) is 0 Å². The number of ether oxygens (including phenoxy) is 1. The maximum Gasteiger partial charge on any atom is 0.196 e. The molecule has 1 N–H and O–H groups in total. The van der Waals surface area contributed by atoms with E-state index in [0.717, 1.165) is 12.2 Å². The van der Waals surface area contributed by atoms with E-state index < -0.39 is 0 Å². The summed E-state index contributed by atoms with van der Waals surface area (Å²) in [5, 5.41) is 3.84. The van der Waals surface area contributed by atoms with Crippen LogP contribution in [0.3, 0.4) is 0 Å². The number of halogens is 1. The minimum Gasteiger partial charge on any atom is -0.489 e. The van der Waals surface area contributed by atoms with E-state index in [1.54, 1.807) is 30.3 Å². The summed E-state index contributed by atoms with van der Waals surface area (Å²) in [6.07, 6.45) is 0. The van der Waals surface area contributed by atoms with Crippen LogP contribution in [0.1, 0.15) is 15.9 Å². The monoisotopic (exact) mass is 273 g/mol. The third-order valence-corrected chi connectivity index (χ3v) is 3.28. The molecule has 0 fully saturated rings. The lowest BCUT2D eigenvalue weighted by atomic mass is 10.0. The smallest absolute Gasteiger partial charge is 0.196 e. The summed E-state index contributed by atoms with van der Waals surface area (Å²) in [6.45, 7) is 1.32. The number of hydrogen-bond donors (Lipinski definition) is 1. The summed E-state index contributed by atoms with van der Waals surface area (Å²) in [5.74, 6) is 0.575. The van der Waals surface area contributed by atoms with Crippen LogP contribution in [-0.2, 0) is 0 Å². The molecule has 1 aliphatic heterocycles. The molecule has 0 atom stereocenters. The fourth-order valence-electron chi connectivity index (χ4n) is 2.11. The van der Waals surface area contributed by atoms with E-state index in [-0.39, 0.29) is 5.78 Å². The van der Waals surface area contributed by atoms with E-state index in [0.29, 0.717) is 28.5 Å². The Kier molecular flexibility index (Phi) is 3.13. The zero-order valence-electron chi connectivity index (χ0n) is 10.2. The molecule has 4 heteroatoms. The van der Waals surface area contributed by atoms with E-state index in [1.165, 1.54) is 0 Å². The number of para-hydroxylation sites is 1. The molecule has 0 spiro atoms. The molecule has 3 rings (SSSR count). The van der Waals surface area contributed by atoms with Gasteiger partial charge in [-0.3, -0.25) is 4.79 Å². The summed E-state index contributed by atoms with van der Waals surface area (Å²) in [4.78, 5) is 12.5. The fourth-order valence-corrected chi connectivity index (χ4v) is 2.23. The molecule has 19 heavy (non-hydrogen) atoms. The average Bonchev–Trinajstić information content (AvgIpc) is 2.47. The van der Waals surface area contributed by atoms with Crippen molar-refractivity contribution in [2.45, 2.75) is 0 Å². The fraction of sp³-hybridized carbons (Fsp3) is 0.133. The maximum absolute atomic E-state index is 12.5. The SMILES string of the molecule is O=C(c1ccc(Cl)cc1)c1cccc2c1OCCN2. The Balaban J connectivity index is 2.02. The summed E-state index contributed by atoms with van der Waals surface area (Å²) in [5.41, 5.74) is 2.05. The van der Waals surface area contributed by atoms with E-state index in [4.69, 9.17) is 16.3 Å². The topological polar surface area (TPSA) is 38.3 Å². The molecule has 0 saturated carbocycles. The zero-order chi connectivity index (χ0) is 13.2. The van der Waals surface area contributed by atoms with Gasteiger partial charge in [0.15, 0.2) is 11.5 Å². The number of carbonyl (C=O) groups excluding carboxylic acids is 1. The van der Waals surface area contributed by atoms with E-state index in [9.17, 15) is 4.79 Å². The molecular weight excluding hydrogens is 262 g/mol. The van der Waals surface area contributed by atoms with Gasteiger partial charge in [0.25, 0.3) is 0 Å². The highest BCUT2D eigenvalue weighted by atomic mass is 35.5. The second-order valence-corrected chi connectivity index (χ2v) is 4.73. The van der Waals surface area contributed by atoms with Gasteiger partial charge < -0.3 is 10.1 Å². The Morgan fingerprint density at radius 3 is 2.74 bits per heavy atom. The van der Waals surface area contributed by atoms with Crippen LogP contribution >= 0.6 is 11.6 Å². The molecule has 1 heterocycles. The third-order valence-electron chi connectivity index (χ3n) is 3.03.